The van der Waals surface area contributed by atoms with Gasteiger partial charge in [0.1, 0.15) is 11.6 Å². The summed E-state index contributed by atoms with van der Waals surface area (Å²) in [5.41, 5.74) is -1.91. The number of piperidine rings is 1. The van der Waals surface area contributed by atoms with Crippen molar-refractivity contribution >= 4 is 11.6 Å². The van der Waals surface area contributed by atoms with Crippen LogP contribution in [0.15, 0.2) is 12.1 Å². The van der Waals surface area contributed by atoms with Crippen molar-refractivity contribution in [2.75, 3.05) is 20.7 Å². The van der Waals surface area contributed by atoms with E-state index in [0.717, 1.165) is 0 Å². The van der Waals surface area contributed by atoms with Gasteiger partial charge >= 0.3 is 0 Å². The summed E-state index contributed by atoms with van der Waals surface area (Å²) in [5.74, 6) is 0.274. The third-order valence-corrected chi connectivity index (χ3v) is 6.61. The lowest BCUT2D eigenvalue weighted by atomic mass is 9.48. The van der Waals surface area contributed by atoms with Crippen LogP contribution in [0.2, 0.25) is 0 Å². The predicted molar refractivity (Wildman–Crippen MR) is 85.0 cm³/mol. The summed E-state index contributed by atoms with van der Waals surface area (Å²) in [6.45, 7) is 0.522. The van der Waals surface area contributed by atoms with E-state index in [1.165, 1.54) is 7.11 Å². The molecule has 1 aromatic rings. The molecule has 2 fully saturated rings. The number of nitrogens with zero attached hydrogens (tertiary/aromatic N) is 1. The van der Waals surface area contributed by atoms with Gasteiger partial charge < -0.3 is 19.7 Å². The number of likely N-dealkylation sites (N-methyl/N-ethyl adjacent to an activating group) is 1. The zero-order chi connectivity index (χ0) is 17.7. The van der Waals surface area contributed by atoms with Gasteiger partial charge in [0.05, 0.1) is 18.6 Å². The van der Waals surface area contributed by atoms with Crippen LogP contribution in [-0.4, -0.2) is 71.2 Å². The van der Waals surface area contributed by atoms with Gasteiger partial charge in [0.15, 0.2) is 29.2 Å². The number of rotatable bonds is 1. The Morgan fingerprint density at radius 3 is 2.84 bits per heavy atom. The Balaban J connectivity index is 1.92. The Hall–Kier alpha value is -1.96. The average molecular weight is 345 g/mol. The normalized spacial score (nSPS) is 41.4. The van der Waals surface area contributed by atoms with E-state index < -0.39 is 29.3 Å². The number of hydrogen-bond acceptors (Lipinski definition) is 7. The van der Waals surface area contributed by atoms with Crippen molar-refractivity contribution in [2.24, 2.45) is 0 Å². The maximum absolute atomic E-state index is 13.2. The summed E-state index contributed by atoms with van der Waals surface area (Å²) in [6, 6.07) is 2.42. The quantitative estimate of drug-likeness (QED) is 0.719. The molecule has 2 N–H and O–H groups in total. The van der Waals surface area contributed by atoms with Crippen molar-refractivity contribution in [3.63, 3.8) is 0 Å². The first-order valence-electron chi connectivity index (χ1n) is 8.43. The molecule has 2 aliphatic heterocycles. The van der Waals surface area contributed by atoms with Gasteiger partial charge in [-0.25, -0.2) is 0 Å². The standard InChI is InChI=1S/C18H19NO6/c1-19-6-5-17-12-8-3-4-10(24-2)14(12)25-16(17)9(20)7-11(21)18(17,23)15(19)13(8)22/h3-4,11,15-16,21,23H,5-7H2,1-2H3/t11?,15-,16+,17+,18-/m1/s1. The number of aliphatic hydroxyl groups excluding tert-OH is 1. The second-order valence-corrected chi connectivity index (χ2v) is 7.50. The van der Waals surface area contributed by atoms with Crippen LogP contribution >= 0.6 is 0 Å². The Bertz CT molecular complexity index is 837. The maximum atomic E-state index is 13.2. The van der Waals surface area contributed by atoms with Gasteiger partial charge in [-0.3, -0.25) is 14.5 Å². The van der Waals surface area contributed by atoms with Gasteiger partial charge in [-0.1, -0.05) is 0 Å². The van der Waals surface area contributed by atoms with E-state index >= 15 is 0 Å². The van der Waals surface area contributed by atoms with Crippen LogP contribution < -0.4 is 9.47 Å². The minimum Gasteiger partial charge on any atom is -0.493 e. The van der Waals surface area contributed by atoms with Crippen LogP contribution in [0.4, 0.5) is 0 Å². The number of ketones is 2. The van der Waals surface area contributed by atoms with Crippen molar-refractivity contribution in [3.05, 3.63) is 23.3 Å². The van der Waals surface area contributed by atoms with Crippen LogP contribution in [-0.2, 0) is 10.2 Å². The number of likely N-dealkylation sites (tertiary alicyclic amines) is 1. The molecule has 1 spiro atoms. The van der Waals surface area contributed by atoms with Crippen molar-refractivity contribution in [2.45, 2.75) is 42.1 Å². The first kappa shape index (κ1) is 15.3. The van der Waals surface area contributed by atoms with E-state index in [1.807, 2.05) is 0 Å². The zero-order valence-corrected chi connectivity index (χ0v) is 14.0. The molecule has 0 aromatic heterocycles. The molecule has 2 heterocycles. The van der Waals surface area contributed by atoms with Crippen molar-refractivity contribution in [1.29, 1.82) is 0 Å². The van der Waals surface area contributed by atoms with Crippen LogP contribution in [0.25, 0.3) is 0 Å². The molecule has 5 rings (SSSR count). The summed E-state index contributed by atoms with van der Waals surface area (Å²) < 4.78 is 11.4. The first-order valence-corrected chi connectivity index (χ1v) is 8.43. The van der Waals surface area contributed by atoms with E-state index in [9.17, 15) is 19.8 Å². The van der Waals surface area contributed by atoms with Crippen molar-refractivity contribution in [3.8, 4) is 11.5 Å². The van der Waals surface area contributed by atoms with Gasteiger partial charge in [-0.05, 0) is 32.1 Å². The third-order valence-electron chi connectivity index (χ3n) is 6.61. The summed E-state index contributed by atoms with van der Waals surface area (Å²) in [6.07, 6.45) is -2.03. The minimum atomic E-state index is -1.76. The molecule has 2 aliphatic carbocycles. The topological polar surface area (TPSA) is 96.3 Å². The van der Waals surface area contributed by atoms with Gasteiger partial charge in [-0.15, -0.1) is 0 Å². The molecule has 5 atom stereocenters. The van der Waals surface area contributed by atoms with E-state index in [0.29, 0.717) is 35.6 Å². The highest BCUT2D eigenvalue weighted by Gasteiger charge is 2.77. The lowest BCUT2D eigenvalue weighted by Crippen LogP contribution is -2.81. The molecule has 0 amide bonds. The summed E-state index contributed by atoms with van der Waals surface area (Å²) in [7, 11) is 3.25. The summed E-state index contributed by atoms with van der Waals surface area (Å²) >= 11 is 0. The molecule has 4 aliphatic rings. The Morgan fingerprint density at radius 1 is 1.36 bits per heavy atom. The highest BCUT2D eigenvalue weighted by atomic mass is 16.5. The van der Waals surface area contributed by atoms with E-state index in [4.69, 9.17) is 9.47 Å². The average Bonchev–Trinajstić information content (AvgIpc) is 2.93. The molecule has 7 nitrogen and oxygen atoms in total. The van der Waals surface area contributed by atoms with E-state index in [2.05, 4.69) is 0 Å². The van der Waals surface area contributed by atoms with Gasteiger partial charge in [0.25, 0.3) is 0 Å². The minimum absolute atomic E-state index is 0.230. The van der Waals surface area contributed by atoms with Gasteiger partial charge in [0, 0.05) is 17.5 Å². The molecule has 7 heteroatoms. The Labute approximate surface area is 144 Å². The highest BCUT2D eigenvalue weighted by molar-refractivity contribution is 6.08. The largest absolute Gasteiger partial charge is 0.493 e. The van der Waals surface area contributed by atoms with Crippen LogP contribution in [0.5, 0.6) is 11.5 Å². The lowest BCUT2D eigenvalue weighted by molar-refractivity contribution is -0.215. The second kappa shape index (κ2) is 4.41. The molecule has 1 aromatic carbocycles. The van der Waals surface area contributed by atoms with Gasteiger partial charge in [0.2, 0.25) is 0 Å². The molecule has 0 radical (unpaired) electrons. The lowest BCUT2D eigenvalue weighted by Gasteiger charge is -2.62. The van der Waals surface area contributed by atoms with E-state index in [-0.39, 0.29) is 18.0 Å². The predicted octanol–water partition coefficient (Wildman–Crippen LogP) is -0.341. The second-order valence-electron chi connectivity index (χ2n) is 7.50. The summed E-state index contributed by atoms with van der Waals surface area (Å²) in [5, 5.41) is 22.4. The number of carbonyl (C=O) groups is 2. The van der Waals surface area contributed by atoms with Crippen LogP contribution in [0.3, 0.4) is 0 Å². The number of hydrogen-bond donors (Lipinski definition) is 2. The molecule has 1 saturated heterocycles. The van der Waals surface area contributed by atoms with Crippen LogP contribution in [0, 0.1) is 0 Å². The molecule has 25 heavy (non-hydrogen) atoms. The molecular formula is C18H19NO6. The Kier molecular flexibility index (Phi) is 2.70. The molecule has 1 unspecified atom stereocenters. The molecule has 2 bridgehead atoms. The molecule has 1 saturated carbocycles. The third kappa shape index (κ3) is 1.38. The summed E-state index contributed by atoms with van der Waals surface area (Å²) in [4.78, 5) is 27.7. The van der Waals surface area contributed by atoms with Crippen molar-refractivity contribution in [1.82, 2.24) is 4.90 Å². The highest BCUT2D eigenvalue weighted by Crippen LogP contribution is 2.64. The number of aliphatic hydroxyl groups is 2. The number of carbonyl (C=O) groups excluding carboxylic acids is 2. The number of methoxy groups -OCH3 is 1. The molecular weight excluding hydrogens is 326 g/mol. The number of benzene rings is 1. The zero-order valence-electron chi connectivity index (χ0n) is 14.0. The van der Waals surface area contributed by atoms with E-state index in [1.54, 1.807) is 24.1 Å². The maximum Gasteiger partial charge on any atom is 0.183 e. The fourth-order valence-corrected chi connectivity index (χ4v) is 5.59. The molecule has 132 valence electrons. The first-order chi connectivity index (χ1) is 11.9. The Morgan fingerprint density at radius 2 is 2.12 bits per heavy atom. The number of ether oxygens (including phenoxy) is 2. The van der Waals surface area contributed by atoms with Crippen LogP contribution in [0.1, 0.15) is 28.8 Å². The fourth-order valence-electron chi connectivity index (χ4n) is 5.59. The number of Topliss-reactive ketones (excluding diaryl/α,β-unsaturated/α-hetero) is 2. The smallest absolute Gasteiger partial charge is 0.183 e. The fraction of sp³-hybridized carbons (Fsp3) is 0.556. The monoisotopic (exact) mass is 345 g/mol. The van der Waals surface area contributed by atoms with Gasteiger partial charge in [-0.2, -0.15) is 0 Å². The SMILES string of the molecule is COc1ccc2c3c1O[C@H]1C(=O)CC(O)[C@@]4(O)[C@@H](C2=O)N(C)CC[C@]314. The van der Waals surface area contributed by atoms with Crippen molar-refractivity contribution < 1.29 is 29.3 Å².